The zero-order valence-electron chi connectivity index (χ0n) is 15.1. The van der Waals surface area contributed by atoms with Crippen LogP contribution in [0, 0.1) is 0 Å². The lowest BCUT2D eigenvalue weighted by atomic mass is 10.1. The highest BCUT2D eigenvalue weighted by molar-refractivity contribution is 5.59. The third-order valence-corrected chi connectivity index (χ3v) is 4.30. The molecule has 0 amide bonds. The van der Waals surface area contributed by atoms with Crippen LogP contribution in [0.25, 0.3) is 22.6 Å². The van der Waals surface area contributed by atoms with Crippen molar-refractivity contribution in [3.8, 4) is 22.6 Å². The number of hydrogen-bond donors (Lipinski definition) is 0. The van der Waals surface area contributed by atoms with Gasteiger partial charge in [-0.1, -0.05) is 35.5 Å². The van der Waals surface area contributed by atoms with Gasteiger partial charge in [-0.05, 0) is 12.1 Å². The molecule has 7 nitrogen and oxygen atoms in total. The van der Waals surface area contributed by atoms with Gasteiger partial charge in [0.05, 0.1) is 17.9 Å². The molecule has 0 saturated heterocycles. The third kappa shape index (κ3) is 3.82. The summed E-state index contributed by atoms with van der Waals surface area (Å²) >= 11 is 0. The van der Waals surface area contributed by atoms with Crippen LogP contribution in [0.3, 0.4) is 0 Å². The number of hydrogen-bond acceptors (Lipinski definition) is 5. The second kappa shape index (κ2) is 7.04. The number of aryl methyl sites for hydroxylation is 1. The van der Waals surface area contributed by atoms with Gasteiger partial charge < -0.3 is 9.09 Å². The Balaban J connectivity index is 1.59. The molecule has 0 aliphatic carbocycles. The van der Waals surface area contributed by atoms with Crippen molar-refractivity contribution in [2.75, 3.05) is 0 Å². The lowest BCUT2D eigenvalue weighted by molar-refractivity contribution is -0.159. The molecule has 0 saturated carbocycles. The minimum Gasteiger partial charge on any atom is -0.329 e. The van der Waals surface area contributed by atoms with E-state index < -0.39 is 17.6 Å². The number of nitrogens with zero attached hydrogens (tertiary/aromatic N) is 5. The standard InChI is InChI=1S/C19H14F3N5O2/c1-26-14(10-15(24-26)12-5-3-2-4-6-12)11-27-8-7-13(9-16(27)28)17-23-18(29-25-17)19(20,21)22/h2-10H,11H2,1H3. The molecule has 0 N–H and O–H groups in total. The lowest BCUT2D eigenvalue weighted by Crippen LogP contribution is -2.20. The molecular formula is C19H14F3N5O2. The molecule has 0 unspecified atom stereocenters. The highest BCUT2D eigenvalue weighted by Crippen LogP contribution is 2.29. The predicted octanol–water partition coefficient (Wildman–Crippen LogP) is 3.37. The summed E-state index contributed by atoms with van der Waals surface area (Å²) in [6.45, 7) is 0.246. The Labute approximate surface area is 162 Å². The fraction of sp³-hybridized carbons (Fsp3) is 0.158. The Hall–Kier alpha value is -3.69. The van der Waals surface area contributed by atoms with Gasteiger partial charge in [0, 0.05) is 30.4 Å². The fourth-order valence-corrected chi connectivity index (χ4v) is 2.81. The number of benzene rings is 1. The summed E-state index contributed by atoms with van der Waals surface area (Å²) in [4.78, 5) is 15.7. The number of pyridine rings is 1. The fourth-order valence-electron chi connectivity index (χ4n) is 2.81. The van der Waals surface area contributed by atoms with Crippen molar-refractivity contribution in [1.29, 1.82) is 0 Å². The van der Waals surface area contributed by atoms with Gasteiger partial charge in [0.25, 0.3) is 5.56 Å². The number of aromatic nitrogens is 5. The first-order valence-electron chi connectivity index (χ1n) is 8.51. The van der Waals surface area contributed by atoms with Crippen molar-refractivity contribution >= 4 is 0 Å². The van der Waals surface area contributed by atoms with Gasteiger partial charge in [-0.15, -0.1) is 0 Å². The van der Waals surface area contributed by atoms with E-state index >= 15 is 0 Å². The van der Waals surface area contributed by atoms with Gasteiger partial charge in [0.1, 0.15) is 0 Å². The predicted molar refractivity (Wildman–Crippen MR) is 96.7 cm³/mol. The molecule has 4 aromatic rings. The smallest absolute Gasteiger partial charge is 0.329 e. The maximum atomic E-state index is 12.6. The maximum Gasteiger partial charge on any atom is 0.471 e. The zero-order chi connectivity index (χ0) is 20.6. The molecule has 3 heterocycles. The maximum absolute atomic E-state index is 12.6. The highest BCUT2D eigenvalue weighted by Gasteiger charge is 2.38. The van der Waals surface area contributed by atoms with E-state index in [1.54, 1.807) is 11.7 Å². The van der Waals surface area contributed by atoms with Gasteiger partial charge in [0.2, 0.25) is 5.82 Å². The number of alkyl halides is 3. The van der Waals surface area contributed by atoms with Gasteiger partial charge in [-0.2, -0.15) is 23.3 Å². The van der Waals surface area contributed by atoms with Crippen LogP contribution in [0.15, 0.2) is 64.0 Å². The van der Waals surface area contributed by atoms with Crippen molar-refractivity contribution in [2.45, 2.75) is 12.7 Å². The molecule has 0 atom stereocenters. The topological polar surface area (TPSA) is 78.7 Å². The summed E-state index contributed by atoms with van der Waals surface area (Å²) in [6.07, 6.45) is -3.27. The summed E-state index contributed by atoms with van der Waals surface area (Å²) in [6, 6.07) is 14.1. The average Bonchev–Trinajstić information content (AvgIpc) is 3.32. The first kappa shape index (κ1) is 18.7. The molecular weight excluding hydrogens is 387 g/mol. The number of halogens is 3. The van der Waals surface area contributed by atoms with Crippen LogP contribution >= 0.6 is 0 Å². The lowest BCUT2D eigenvalue weighted by Gasteiger charge is -2.06. The molecule has 1 aromatic carbocycles. The van der Waals surface area contributed by atoms with Crippen LogP contribution in [0.4, 0.5) is 13.2 Å². The van der Waals surface area contributed by atoms with E-state index in [1.165, 1.54) is 22.9 Å². The van der Waals surface area contributed by atoms with E-state index in [0.29, 0.717) is 0 Å². The van der Waals surface area contributed by atoms with Crippen molar-refractivity contribution in [3.63, 3.8) is 0 Å². The second-order valence-electron chi connectivity index (χ2n) is 6.31. The van der Waals surface area contributed by atoms with E-state index in [9.17, 15) is 18.0 Å². The Morgan fingerprint density at radius 3 is 2.48 bits per heavy atom. The minimum atomic E-state index is -4.74. The van der Waals surface area contributed by atoms with E-state index in [4.69, 9.17) is 0 Å². The van der Waals surface area contributed by atoms with E-state index in [2.05, 4.69) is 19.8 Å². The van der Waals surface area contributed by atoms with E-state index in [0.717, 1.165) is 17.0 Å². The Morgan fingerprint density at radius 1 is 1.07 bits per heavy atom. The summed E-state index contributed by atoms with van der Waals surface area (Å²) in [5, 5.41) is 7.75. The van der Waals surface area contributed by atoms with E-state index in [-0.39, 0.29) is 17.9 Å². The van der Waals surface area contributed by atoms with E-state index in [1.807, 2.05) is 36.4 Å². The average molecular weight is 401 g/mol. The molecule has 0 aliphatic rings. The van der Waals surface area contributed by atoms with Crippen LogP contribution < -0.4 is 5.56 Å². The van der Waals surface area contributed by atoms with Crippen molar-refractivity contribution in [3.05, 3.63) is 76.7 Å². The summed E-state index contributed by atoms with van der Waals surface area (Å²) in [7, 11) is 1.78. The Bertz CT molecular complexity index is 1210. The summed E-state index contributed by atoms with van der Waals surface area (Å²) < 4.78 is 45.1. The second-order valence-corrected chi connectivity index (χ2v) is 6.31. The zero-order valence-corrected chi connectivity index (χ0v) is 15.1. The largest absolute Gasteiger partial charge is 0.471 e. The van der Waals surface area contributed by atoms with Gasteiger partial charge in [0.15, 0.2) is 0 Å². The molecule has 0 fully saturated rings. The summed E-state index contributed by atoms with van der Waals surface area (Å²) in [5.74, 6) is -1.76. The Kier molecular flexibility index (Phi) is 4.53. The minimum absolute atomic E-state index is 0.139. The molecule has 0 spiro atoms. The Morgan fingerprint density at radius 2 is 1.83 bits per heavy atom. The SMILES string of the molecule is Cn1nc(-c2ccccc2)cc1Cn1ccc(-c2noc(C(F)(F)F)n2)cc1=O. The summed E-state index contributed by atoms with van der Waals surface area (Å²) in [5.41, 5.74) is 2.25. The molecule has 4 rings (SSSR count). The first-order chi connectivity index (χ1) is 13.8. The van der Waals surface area contributed by atoms with Crippen LogP contribution in [0.5, 0.6) is 0 Å². The third-order valence-electron chi connectivity index (χ3n) is 4.30. The van der Waals surface area contributed by atoms with Crippen molar-refractivity contribution in [1.82, 2.24) is 24.5 Å². The van der Waals surface area contributed by atoms with Gasteiger partial charge in [-0.3, -0.25) is 9.48 Å². The van der Waals surface area contributed by atoms with Crippen molar-refractivity contribution < 1.29 is 17.7 Å². The molecule has 3 aromatic heterocycles. The molecule has 0 radical (unpaired) electrons. The van der Waals surface area contributed by atoms with Crippen LogP contribution in [0.1, 0.15) is 11.6 Å². The molecule has 10 heteroatoms. The number of rotatable bonds is 4. The van der Waals surface area contributed by atoms with Crippen LogP contribution in [-0.4, -0.2) is 24.5 Å². The first-order valence-corrected chi connectivity index (χ1v) is 8.51. The normalized spacial score (nSPS) is 11.7. The van der Waals surface area contributed by atoms with Crippen LogP contribution in [-0.2, 0) is 19.8 Å². The molecule has 0 bridgehead atoms. The quantitative estimate of drug-likeness (QED) is 0.524. The van der Waals surface area contributed by atoms with Crippen molar-refractivity contribution in [2.24, 2.45) is 7.05 Å². The molecule has 148 valence electrons. The monoisotopic (exact) mass is 401 g/mol. The molecule has 29 heavy (non-hydrogen) atoms. The molecule has 0 aliphatic heterocycles. The highest BCUT2D eigenvalue weighted by atomic mass is 19.4. The van der Waals surface area contributed by atoms with Gasteiger partial charge >= 0.3 is 12.1 Å². The van der Waals surface area contributed by atoms with Crippen LogP contribution in [0.2, 0.25) is 0 Å². The van der Waals surface area contributed by atoms with Gasteiger partial charge in [-0.25, -0.2) is 0 Å².